The second kappa shape index (κ2) is 10.9. The summed E-state index contributed by atoms with van der Waals surface area (Å²) >= 11 is 1.77. The molecule has 2 amide bonds. The van der Waals surface area contributed by atoms with Crippen molar-refractivity contribution in [2.45, 2.75) is 32.2 Å². The summed E-state index contributed by atoms with van der Waals surface area (Å²) < 4.78 is 0. The standard InChI is InChI=1S/C22H27N5O2S.HI/c1-2-23-22(24-12-16-11-20(28)26-18-6-4-3-5-17(16)18)25-13-21(29)27-9-7-19-15(14-27)8-10-30-19;/h3-6,8,10,16H,2,7,9,11-14H2,1H3,(H,26,28)(H2,23,24,25);1H. The van der Waals surface area contributed by atoms with Crippen molar-refractivity contribution in [3.05, 3.63) is 51.7 Å². The summed E-state index contributed by atoms with van der Waals surface area (Å²) in [6.45, 7) is 4.79. The summed E-state index contributed by atoms with van der Waals surface area (Å²) in [5, 5.41) is 11.5. The van der Waals surface area contributed by atoms with Crippen LogP contribution in [0.25, 0.3) is 0 Å². The second-order valence-corrected chi connectivity index (χ2v) is 8.55. The summed E-state index contributed by atoms with van der Waals surface area (Å²) in [5.74, 6) is 0.720. The van der Waals surface area contributed by atoms with Crippen molar-refractivity contribution in [1.82, 2.24) is 15.5 Å². The van der Waals surface area contributed by atoms with Crippen LogP contribution in [0.5, 0.6) is 0 Å². The number of benzene rings is 1. The van der Waals surface area contributed by atoms with E-state index in [9.17, 15) is 9.59 Å². The van der Waals surface area contributed by atoms with Gasteiger partial charge in [0.25, 0.3) is 0 Å². The third-order valence-corrected chi connectivity index (χ3v) is 6.52. The Hall–Kier alpha value is -2.14. The average molecular weight is 553 g/mol. The smallest absolute Gasteiger partial charge is 0.244 e. The Bertz CT molecular complexity index is 961. The van der Waals surface area contributed by atoms with Crippen LogP contribution in [0.1, 0.15) is 35.3 Å². The van der Waals surface area contributed by atoms with Crippen molar-refractivity contribution >= 4 is 58.8 Å². The molecule has 2 aliphatic heterocycles. The zero-order chi connectivity index (χ0) is 20.9. The summed E-state index contributed by atoms with van der Waals surface area (Å²) in [4.78, 5) is 32.5. The number of guanidine groups is 1. The molecule has 0 spiro atoms. The molecule has 3 N–H and O–H groups in total. The highest BCUT2D eigenvalue weighted by Gasteiger charge is 2.25. The quantitative estimate of drug-likeness (QED) is 0.302. The Labute approximate surface area is 203 Å². The first-order valence-electron chi connectivity index (χ1n) is 10.4. The zero-order valence-corrected chi connectivity index (χ0v) is 20.7. The summed E-state index contributed by atoms with van der Waals surface area (Å²) in [5.41, 5.74) is 3.25. The van der Waals surface area contributed by atoms with Crippen LogP contribution in [0.15, 0.2) is 40.7 Å². The number of amides is 2. The molecule has 1 atom stereocenters. The number of nitrogens with zero attached hydrogens (tertiary/aromatic N) is 2. The molecule has 4 rings (SSSR count). The van der Waals surface area contributed by atoms with Gasteiger partial charge in [0.15, 0.2) is 5.96 Å². The number of fused-ring (bicyclic) bond motifs is 2. The molecule has 7 nitrogen and oxygen atoms in total. The Morgan fingerprint density at radius 3 is 2.97 bits per heavy atom. The van der Waals surface area contributed by atoms with Gasteiger partial charge >= 0.3 is 0 Å². The third-order valence-electron chi connectivity index (χ3n) is 5.50. The van der Waals surface area contributed by atoms with Gasteiger partial charge in [0.05, 0.1) is 0 Å². The van der Waals surface area contributed by atoms with Crippen LogP contribution < -0.4 is 16.0 Å². The van der Waals surface area contributed by atoms with Gasteiger partial charge in [0.1, 0.15) is 6.54 Å². The number of anilines is 1. The maximum Gasteiger partial charge on any atom is 0.244 e. The molecule has 9 heteroatoms. The minimum Gasteiger partial charge on any atom is -0.357 e. The van der Waals surface area contributed by atoms with Gasteiger partial charge in [-0.1, -0.05) is 18.2 Å². The van der Waals surface area contributed by atoms with Gasteiger partial charge in [-0.2, -0.15) is 0 Å². The van der Waals surface area contributed by atoms with E-state index in [1.807, 2.05) is 36.1 Å². The topological polar surface area (TPSA) is 85.8 Å². The minimum atomic E-state index is 0. The molecule has 31 heavy (non-hydrogen) atoms. The largest absolute Gasteiger partial charge is 0.357 e. The number of rotatable bonds is 5. The minimum absolute atomic E-state index is 0. The van der Waals surface area contributed by atoms with Gasteiger partial charge < -0.3 is 20.9 Å². The molecule has 2 aromatic rings. The molecule has 1 unspecified atom stereocenters. The number of aliphatic imine (C=N–C) groups is 1. The Morgan fingerprint density at radius 1 is 1.29 bits per heavy atom. The van der Waals surface area contributed by atoms with Gasteiger partial charge in [-0.3, -0.25) is 9.59 Å². The normalized spacial score (nSPS) is 17.7. The molecule has 3 heterocycles. The molecule has 0 saturated heterocycles. The van der Waals surface area contributed by atoms with Crippen molar-refractivity contribution in [2.24, 2.45) is 4.99 Å². The highest BCUT2D eigenvalue weighted by molar-refractivity contribution is 14.0. The number of hydrogen-bond donors (Lipinski definition) is 3. The molecular formula is C22H28IN5O2S. The molecule has 1 aromatic carbocycles. The molecule has 0 saturated carbocycles. The lowest BCUT2D eigenvalue weighted by molar-refractivity contribution is -0.130. The van der Waals surface area contributed by atoms with Crippen molar-refractivity contribution in [1.29, 1.82) is 0 Å². The molecule has 1 aromatic heterocycles. The second-order valence-electron chi connectivity index (χ2n) is 7.55. The molecule has 0 fully saturated rings. The zero-order valence-electron chi connectivity index (χ0n) is 17.5. The number of nitrogens with one attached hydrogen (secondary N) is 3. The fraction of sp³-hybridized carbons (Fsp3) is 0.409. The number of carbonyl (C=O) groups is 2. The van der Waals surface area contributed by atoms with Crippen molar-refractivity contribution in [3.63, 3.8) is 0 Å². The van der Waals surface area contributed by atoms with Gasteiger partial charge in [-0.25, -0.2) is 4.99 Å². The van der Waals surface area contributed by atoms with E-state index in [0.29, 0.717) is 32.0 Å². The number of para-hydroxylation sites is 1. The van der Waals surface area contributed by atoms with Crippen LogP contribution >= 0.6 is 35.3 Å². The van der Waals surface area contributed by atoms with Crippen LogP contribution in [0, 0.1) is 0 Å². The van der Waals surface area contributed by atoms with E-state index < -0.39 is 0 Å². The molecule has 0 radical (unpaired) electrons. The maximum atomic E-state index is 12.7. The fourth-order valence-electron chi connectivity index (χ4n) is 3.95. The lowest BCUT2D eigenvalue weighted by atomic mass is 9.90. The SMILES string of the molecule is CCNC(=NCC(=O)N1CCc2sccc2C1)NCC1CC(=O)Nc2ccccc21.I. The molecular weight excluding hydrogens is 525 g/mol. The van der Waals surface area contributed by atoms with Crippen LogP contribution in [0.4, 0.5) is 5.69 Å². The molecule has 166 valence electrons. The lowest BCUT2D eigenvalue weighted by Crippen LogP contribution is -2.42. The summed E-state index contributed by atoms with van der Waals surface area (Å²) in [7, 11) is 0. The third kappa shape index (κ3) is 5.76. The number of carbonyl (C=O) groups excluding carboxylic acids is 2. The van der Waals surface area contributed by atoms with E-state index in [-0.39, 0.29) is 48.3 Å². The summed E-state index contributed by atoms with van der Waals surface area (Å²) in [6, 6.07) is 9.98. The van der Waals surface area contributed by atoms with E-state index in [0.717, 1.165) is 24.2 Å². The first-order chi connectivity index (χ1) is 14.6. The molecule has 0 bridgehead atoms. The number of thiophene rings is 1. The summed E-state index contributed by atoms with van der Waals surface area (Å²) in [6.07, 6.45) is 1.35. The lowest BCUT2D eigenvalue weighted by Gasteiger charge is -2.27. The number of hydrogen-bond acceptors (Lipinski definition) is 4. The maximum absolute atomic E-state index is 12.7. The molecule has 2 aliphatic rings. The Balaban J connectivity index is 0.00000272. The van der Waals surface area contributed by atoms with E-state index in [1.54, 1.807) is 11.3 Å². The van der Waals surface area contributed by atoms with Crippen LogP contribution in [-0.4, -0.2) is 48.9 Å². The first-order valence-corrected chi connectivity index (χ1v) is 11.3. The average Bonchev–Trinajstić information content (AvgIpc) is 3.23. The van der Waals surface area contributed by atoms with Crippen LogP contribution in [0.3, 0.4) is 0 Å². The first kappa shape index (κ1) is 23.5. The number of halogens is 1. The van der Waals surface area contributed by atoms with Crippen molar-refractivity contribution < 1.29 is 9.59 Å². The predicted molar refractivity (Wildman–Crippen MR) is 135 cm³/mol. The van der Waals surface area contributed by atoms with E-state index in [2.05, 4.69) is 32.4 Å². The van der Waals surface area contributed by atoms with Crippen LogP contribution in [0.2, 0.25) is 0 Å². The van der Waals surface area contributed by atoms with Gasteiger partial charge in [0.2, 0.25) is 11.8 Å². The Morgan fingerprint density at radius 2 is 2.13 bits per heavy atom. The highest BCUT2D eigenvalue weighted by atomic mass is 127. The van der Waals surface area contributed by atoms with Crippen molar-refractivity contribution in [3.8, 4) is 0 Å². The van der Waals surface area contributed by atoms with E-state index in [4.69, 9.17) is 0 Å². The van der Waals surface area contributed by atoms with E-state index >= 15 is 0 Å². The van der Waals surface area contributed by atoms with Crippen LogP contribution in [-0.2, 0) is 22.6 Å². The fourth-order valence-corrected chi connectivity index (χ4v) is 4.84. The van der Waals surface area contributed by atoms with Gasteiger partial charge in [0, 0.05) is 49.1 Å². The van der Waals surface area contributed by atoms with Gasteiger partial charge in [-0.05, 0) is 42.0 Å². The van der Waals surface area contributed by atoms with E-state index in [1.165, 1.54) is 10.4 Å². The molecule has 0 aliphatic carbocycles. The Kier molecular flexibility index (Phi) is 8.30. The highest BCUT2D eigenvalue weighted by Crippen LogP contribution is 2.31. The monoisotopic (exact) mass is 553 g/mol. The van der Waals surface area contributed by atoms with Gasteiger partial charge in [-0.15, -0.1) is 35.3 Å². The van der Waals surface area contributed by atoms with Crippen molar-refractivity contribution in [2.75, 3.05) is 31.5 Å². The predicted octanol–water partition coefficient (Wildman–Crippen LogP) is 2.93.